The molecule has 1 N–H and O–H groups in total. The van der Waals surface area contributed by atoms with Crippen molar-refractivity contribution in [2.75, 3.05) is 26.7 Å². The van der Waals surface area contributed by atoms with E-state index in [4.69, 9.17) is 0 Å². The van der Waals surface area contributed by atoms with Gasteiger partial charge >= 0.3 is 0 Å². The molecular weight excluding hydrogens is 290 g/mol. The van der Waals surface area contributed by atoms with E-state index in [-0.39, 0.29) is 6.10 Å². The second kappa shape index (κ2) is 7.21. The number of aryl methyl sites for hydroxylation is 1. The number of hydrogen-bond acceptors (Lipinski definition) is 5. The first-order valence-corrected chi connectivity index (χ1v) is 8.13. The molecule has 3 rings (SSSR count). The van der Waals surface area contributed by atoms with Crippen molar-refractivity contribution in [1.82, 2.24) is 24.6 Å². The quantitative estimate of drug-likeness (QED) is 0.858. The molecule has 0 spiro atoms. The number of aliphatic hydroxyl groups is 1. The number of benzene rings is 1. The molecule has 2 aromatic rings. The maximum absolute atomic E-state index is 10.4. The Kier molecular flexibility index (Phi) is 5.05. The van der Waals surface area contributed by atoms with Crippen molar-refractivity contribution < 1.29 is 5.11 Å². The van der Waals surface area contributed by atoms with Crippen molar-refractivity contribution in [3.8, 4) is 0 Å². The van der Waals surface area contributed by atoms with Crippen molar-refractivity contribution in [2.45, 2.75) is 32.7 Å². The van der Waals surface area contributed by atoms with Gasteiger partial charge in [0.05, 0.1) is 12.6 Å². The summed E-state index contributed by atoms with van der Waals surface area (Å²) in [6.07, 6.45) is -0.362. The Balaban J connectivity index is 1.47. The van der Waals surface area contributed by atoms with Gasteiger partial charge in [0, 0.05) is 32.7 Å². The van der Waals surface area contributed by atoms with Crippen molar-refractivity contribution in [2.24, 2.45) is 0 Å². The molecule has 1 atom stereocenters. The van der Waals surface area contributed by atoms with Crippen LogP contribution in [0.2, 0.25) is 0 Å². The minimum absolute atomic E-state index is 0.362. The molecule has 0 bridgehead atoms. The number of β-amino-alcohol motifs (C(OH)–C–C–N with tert-alkyl or cyclic N) is 1. The second-order valence-corrected chi connectivity index (χ2v) is 6.39. The van der Waals surface area contributed by atoms with Crippen molar-refractivity contribution in [1.29, 1.82) is 0 Å². The van der Waals surface area contributed by atoms with E-state index < -0.39 is 0 Å². The minimum Gasteiger partial charge on any atom is -0.390 e. The lowest BCUT2D eigenvalue weighted by Gasteiger charge is -2.30. The summed E-state index contributed by atoms with van der Waals surface area (Å²) in [6, 6.07) is 10.3. The van der Waals surface area contributed by atoms with E-state index in [2.05, 4.69) is 36.7 Å². The fourth-order valence-electron chi connectivity index (χ4n) is 3.18. The zero-order valence-corrected chi connectivity index (χ0v) is 13.9. The van der Waals surface area contributed by atoms with E-state index >= 15 is 0 Å². The first-order valence-electron chi connectivity index (χ1n) is 8.13. The van der Waals surface area contributed by atoms with E-state index in [0.29, 0.717) is 13.1 Å². The van der Waals surface area contributed by atoms with Crippen LogP contribution in [0.5, 0.6) is 0 Å². The fraction of sp³-hybridized carbons (Fsp3) is 0.529. The second-order valence-electron chi connectivity index (χ2n) is 6.39. The summed E-state index contributed by atoms with van der Waals surface area (Å²) >= 11 is 0. The minimum atomic E-state index is -0.362. The summed E-state index contributed by atoms with van der Waals surface area (Å²) in [5, 5.41) is 18.7. The maximum Gasteiger partial charge on any atom is 0.147 e. The van der Waals surface area contributed by atoms with E-state index in [0.717, 1.165) is 37.8 Å². The SMILES string of the molecule is Cc1nnc2n1CCN(CC(O)CN(C)Cc1ccccc1)C2. The average molecular weight is 315 g/mol. The van der Waals surface area contributed by atoms with Crippen LogP contribution < -0.4 is 0 Å². The van der Waals surface area contributed by atoms with Crippen molar-refractivity contribution in [3.63, 3.8) is 0 Å². The third-order valence-corrected chi connectivity index (χ3v) is 4.30. The lowest BCUT2D eigenvalue weighted by molar-refractivity contribution is 0.0686. The molecule has 6 nitrogen and oxygen atoms in total. The van der Waals surface area contributed by atoms with Crippen LogP contribution in [-0.2, 0) is 19.6 Å². The molecule has 0 saturated carbocycles. The molecule has 0 aliphatic carbocycles. The van der Waals surface area contributed by atoms with Crippen LogP contribution >= 0.6 is 0 Å². The van der Waals surface area contributed by atoms with Gasteiger partial charge in [-0.15, -0.1) is 10.2 Å². The van der Waals surface area contributed by atoms with Crippen LogP contribution in [0.4, 0.5) is 0 Å². The molecule has 1 unspecified atom stereocenters. The molecule has 124 valence electrons. The summed E-state index contributed by atoms with van der Waals surface area (Å²) in [5.74, 6) is 1.97. The Bertz CT molecular complexity index is 627. The third-order valence-electron chi connectivity index (χ3n) is 4.30. The van der Waals surface area contributed by atoms with E-state index in [9.17, 15) is 5.11 Å². The molecule has 6 heteroatoms. The molecule has 1 aliphatic rings. The highest BCUT2D eigenvalue weighted by Gasteiger charge is 2.21. The number of nitrogens with zero attached hydrogens (tertiary/aromatic N) is 5. The van der Waals surface area contributed by atoms with Gasteiger partial charge in [-0.1, -0.05) is 30.3 Å². The van der Waals surface area contributed by atoms with E-state index in [1.807, 2.05) is 32.2 Å². The van der Waals surface area contributed by atoms with Crippen molar-refractivity contribution >= 4 is 0 Å². The largest absolute Gasteiger partial charge is 0.390 e. The molecule has 1 aliphatic heterocycles. The predicted molar refractivity (Wildman–Crippen MR) is 88.8 cm³/mol. The van der Waals surface area contributed by atoms with E-state index in [1.165, 1.54) is 5.56 Å². The first kappa shape index (κ1) is 16.1. The summed E-state index contributed by atoms with van der Waals surface area (Å²) in [4.78, 5) is 4.42. The summed E-state index contributed by atoms with van der Waals surface area (Å²) in [7, 11) is 2.05. The molecule has 0 amide bonds. The Morgan fingerprint density at radius 3 is 2.78 bits per heavy atom. The highest BCUT2D eigenvalue weighted by Crippen LogP contribution is 2.12. The normalized spacial score (nSPS) is 16.5. The van der Waals surface area contributed by atoms with Crippen LogP contribution in [0.3, 0.4) is 0 Å². The molecule has 0 saturated heterocycles. The summed E-state index contributed by atoms with van der Waals surface area (Å²) in [5.41, 5.74) is 1.27. The van der Waals surface area contributed by atoms with Gasteiger partial charge in [-0.25, -0.2) is 0 Å². The fourth-order valence-corrected chi connectivity index (χ4v) is 3.18. The topological polar surface area (TPSA) is 57.4 Å². The first-order chi connectivity index (χ1) is 11.1. The zero-order chi connectivity index (χ0) is 16.2. The van der Waals surface area contributed by atoms with Crippen LogP contribution in [0, 0.1) is 6.92 Å². The molecule has 1 aromatic heterocycles. The van der Waals surface area contributed by atoms with Crippen LogP contribution in [0.15, 0.2) is 30.3 Å². The average Bonchev–Trinajstić information content (AvgIpc) is 2.89. The van der Waals surface area contributed by atoms with Gasteiger partial charge in [0.1, 0.15) is 11.6 Å². The van der Waals surface area contributed by atoms with Crippen LogP contribution in [0.1, 0.15) is 17.2 Å². The third kappa shape index (κ3) is 4.16. The molecule has 0 radical (unpaired) electrons. The van der Waals surface area contributed by atoms with Gasteiger partial charge in [-0.3, -0.25) is 9.80 Å². The highest BCUT2D eigenvalue weighted by atomic mass is 16.3. The maximum atomic E-state index is 10.4. The number of hydrogen-bond donors (Lipinski definition) is 1. The van der Waals surface area contributed by atoms with Gasteiger partial charge in [0.2, 0.25) is 0 Å². The Morgan fingerprint density at radius 2 is 2.00 bits per heavy atom. The molecule has 2 heterocycles. The van der Waals surface area contributed by atoms with Crippen molar-refractivity contribution in [3.05, 3.63) is 47.5 Å². The van der Waals surface area contributed by atoms with Crippen LogP contribution in [0.25, 0.3) is 0 Å². The Hall–Kier alpha value is -1.76. The van der Waals surface area contributed by atoms with Gasteiger partial charge in [0.25, 0.3) is 0 Å². The van der Waals surface area contributed by atoms with Gasteiger partial charge in [-0.05, 0) is 19.5 Å². The number of rotatable bonds is 6. The lowest BCUT2D eigenvalue weighted by atomic mass is 10.2. The summed E-state index contributed by atoms with van der Waals surface area (Å²) < 4.78 is 2.16. The Labute approximate surface area is 137 Å². The smallest absolute Gasteiger partial charge is 0.147 e. The Morgan fingerprint density at radius 1 is 1.22 bits per heavy atom. The monoisotopic (exact) mass is 315 g/mol. The summed E-state index contributed by atoms with van der Waals surface area (Å²) in [6.45, 7) is 6.78. The molecular formula is C17H25N5O. The number of aromatic nitrogens is 3. The lowest BCUT2D eigenvalue weighted by Crippen LogP contribution is -2.42. The number of fused-ring (bicyclic) bond motifs is 1. The highest BCUT2D eigenvalue weighted by molar-refractivity contribution is 5.14. The number of aliphatic hydroxyl groups excluding tert-OH is 1. The van der Waals surface area contributed by atoms with E-state index in [1.54, 1.807) is 0 Å². The zero-order valence-electron chi connectivity index (χ0n) is 13.9. The standard InChI is InChI=1S/C17H25N5O/c1-14-18-19-17-13-21(8-9-22(14)17)12-16(23)11-20(2)10-15-6-4-3-5-7-15/h3-7,16,23H,8-13H2,1-2H3. The molecule has 23 heavy (non-hydrogen) atoms. The molecule has 0 fully saturated rings. The number of likely N-dealkylation sites (N-methyl/N-ethyl adjacent to an activating group) is 1. The predicted octanol–water partition coefficient (Wildman–Crippen LogP) is 0.895. The van der Waals surface area contributed by atoms with Gasteiger partial charge < -0.3 is 9.67 Å². The van der Waals surface area contributed by atoms with Gasteiger partial charge in [-0.2, -0.15) is 0 Å². The van der Waals surface area contributed by atoms with Gasteiger partial charge in [0.15, 0.2) is 0 Å². The molecule has 1 aromatic carbocycles. The van der Waals surface area contributed by atoms with Crippen LogP contribution in [-0.4, -0.2) is 62.5 Å².